The molecule has 3 N–H and O–H groups in total. The maximum absolute atomic E-state index is 13.3. The van der Waals surface area contributed by atoms with E-state index in [0.29, 0.717) is 12.8 Å². The van der Waals surface area contributed by atoms with Crippen LogP contribution < -0.4 is 5.09 Å². The molecule has 0 radical (unpaired) electrons. The number of rotatable bonds is 8. The van der Waals surface area contributed by atoms with Crippen LogP contribution in [0.25, 0.3) is 11.1 Å². The number of aliphatic carboxylic acids is 1. The molecule has 0 aromatic heterocycles. The van der Waals surface area contributed by atoms with Crippen molar-refractivity contribution in [3.05, 3.63) is 59.9 Å². The SMILES string of the molecule is CC(CO)(CC(Cc1ccc(-c2cccc(F)c2)cc1)NP)C(=O)O. The molecule has 0 saturated carbocycles. The predicted octanol–water partition coefficient (Wildman–Crippen LogP) is 3.26. The molecule has 0 aliphatic carbocycles. The van der Waals surface area contributed by atoms with E-state index < -0.39 is 18.0 Å². The molecule has 0 aliphatic rings. The highest BCUT2D eigenvalue weighted by Gasteiger charge is 2.34. The average Bonchev–Trinajstić information content (AvgIpc) is 2.61. The second kappa shape index (κ2) is 8.52. The topological polar surface area (TPSA) is 69.6 Å². The summed E-state index contributed by atoms with van der Waals surface area (Å²) in [6.45, 7) is 1.13. The van der Waals surface area contributed by atoms with Crippen LogP contribution in [0.5, 0.6) is 0 Å². The lowest BCUT2D eigenvalue weighted by Crippen LogP contribution is -2.39. The lowest BCUT2D eigenvalue weighted by Gasteiger charge is -2.27. The summed E-state index contributed by atoms with van der Waals surface area (Å²) >= 11 is 0. The summed E-state index contributed by atoms with van der Waals surface area (Å²) in [4.78, 5) is 11.4. The van der Waals surface area contributed by atoms with Gasteiger partial charge in [0.2, 0.25) is 0 Å². The van der Waals surface area contributed by atoms with Crippen LogP contribution >= 0.6 is 9.39 Å². The Labute approximate surface area is 149 Å². The van der Waals surface area contributed by atoms with E-state index in [1.807, 2.05) is 30.3 Å². The Balaban J connectivity index is 2.10. The maximum Gasteiger partial charge on any atom is 0.311 e. The largest absolute Gasteiger partial charge is 0.481 e. The summed E-state index contributed by atoms with van der Waals surface area (Å²) in [7, 11) is 2.41. The van der Waals surface area contributed by atoms with Crippen molar-refractivity contribution in [3.63, 3.8) is 0 Å². The molecule has 6 heteroatoms. The fraction of sp³-hybridized carbons (Fsp3) is 0.316. The fourth-order valence-electron chi connectivity index (χ4n) is 2.74. The van der Waals surface area contributed by atoms with Gasteiger partial charge in [0.25, 0.3) is 0 Å². The van der Waals surface area contributed by atoms with Crippen molar-refractivity contribution >= 4 is 15.4 Å². The molecule has 0 amide bonds. The van der Waals surface area contributed by atoms with Gasteiger partial charge in [0, 0.05) is 6.04 Å². The number of benzene rings is 2. The number of carboxylic acids is 1. The van der Waals surface area contributed by atoms with E-state index in [9.17, 15) is 19.4 Å². The molecule has 0 heterocycles. The van der Waals surface area contributed by atoms with Gasteiger partial charge in [-0.3, -0.25) is 9.88 Å². The zero-order valence-corrected chi connectivity index (χ0v) is 15.2. The molecule has 3 atom stereocenters. The Morgan fingerprint density at radius 2 is 1.92 bits per heavy atom. The fourth-order valence-corrected chi connectivity index (χ4v) is 2.97. The Morgan fingerprint density at radius 1 is 1.24 bits per heavy atom. The molecule has 4 nitrogen and oxygen atoms in total. The molecule has 0 saturated heterocycles. The molecule has 0 aliphatic heterocycles. The van der Waals surface area contributed by atoms with Gasteiger partial charge in [0.15, 0.2) is 0 Å². The Bertz CT molecular complexity index is 723. The number of aliphatic hydroxyl groups excluding tert-OH is 1. The number of nitrogens with one attached hydrogen (secondary N) is 1. The first-order chi connectivity index (χ1) is 11.9. The highest BCUT2D eigenvalue weighted by molar-refractivity contribution is 7.13. The van der Waals surface area contributed by atoms with Gasteiger partial charge in [-0.1, -0.05) is 45.8 Å². The quantitative estimate of drug-likeness (QED) is 0.630. The highest BCUT2D eigenvalue weighted by Crippen LogP contribution is 2.26. The molecule has 3 unspecified atom stereocenters. The van der Waals surface area contributed by atoms with Gasteiger partial charge in [0.05, 0.1) is 12.0 Å². The van der Waals surface area contributed by atoms with Crippen molar-refractivity contribution in [2.75, 3.05) is 6.61 Å². The van der Waals surface area contributed by atoms with Gasteiger partial charge >= 0.3 is 5.97 Å². The van der Waals surface area contributed by atoms with Gasteiger partial charge in [-0.15, -0.1) is 0 Å². The van der Waals surface area contributed by atoms with Crippen LogP contribution in [0.2, 0.25) is 0 Å². The van der Waals surface area contributed by atoms with E-state index in [-0.39, 0.29) is 11.9 Å². The molecular formula is C19H23FNO3P. The number of hydrogen-bond donors (Lipinski definition) is 3. The lowest BCUT2D eigenvalue weighted by molar-refractivity contribution is -0.151. The second-order valence-corrected chi connectivity index (χ2v) is 6.84. The van der Waals surface area contributed by atoms with Gasteiger partial charge in [0.1, 0.15) is 5.82 Å². The number of halogens is 1. The molecule has 25 heavy (non-hydrogen) atoms. The lowest BCUT2D eigenvalue weighted by atomic mass is 9.83. The standard InChI is InChI=1S/C19H23FNO3P/c1-19(12-22,18(23)24)11-17(21-25)9-13-5-7-14(8-6-13)15-3-2-4-16(20)10-15/h2-8,10,17,21-22H,9,11-12,25H2,1H3,(H,23,24). The average molecular weight is 363 g/mol. The van der Waals surface area contributed by atoms with E-state index in [1.54, 1.807) is 6.07 Å². The van der Waals surface area contributed by atoms with E-state index >= 15 is 0 Å². The maximum atomic E-state index is 13.3. The summed E-state index contributed by atoms with van der Waals surface area (Å²) < 4.78 is 13.3. The normalized spacial score (nSPS) is 14.7. The molecule has 2 aromatic carbocycles. The highest BCUT2D eigenvalue weighted by atomic mass is 31.0. The monoisotopic (exact) mass is 363 g/mol. The minimum Gasteiger partial charge on any atom is -0.481 e. The third-order valence-electron chi connectivity index (χ3n) is 4.39. The number of carbonyl (C=O) groups is 1. The van der Waals surface area contributed by atoms with Crippen LogP contribution in [0.4, 0.5) is 4.39 Å². The molecule has 0 fully saturated rings. The molecular weight excluding hydrogens is 340 g/mol. The van der Waals surface area contributed by atoms with Crippen molar-refractivity contribution in [2.24, 2.45) is 5.41 Å². The van der Waals surface area contributed by atoms with Crippen LogP contribution in [0.3, 0.4) is 0 Å². The van der Waals surface area contributed by atoms with Crippen molar-refractivity contribution in [1.82, 2.24) is 5.09 Å². The second-order valence-electron chi connectivity index (χ2n) is 6.50. The van der Waals surface area contributed by atoms with Crippen LogP contribution in [0.1, 0.15) is 18.9 Å². The molecule has 134 valence electrons. The smallest absolute Gasteiger partial charge is 0.311 e. The zero-order valence-electron chi connectivity index (χ0n) is 14.1. The van der Waals surface area contributed by atoms with E-state index in [4.69, 9.17) is 0 Å². The third-order valence-corrected chi connectivity index (χ3v) is 4.86. The van der Waals surface area contributed by atoms with E-state index in [1.165, 1.54) is 19.1 Å². The van der Waals surface area contributed by atoms with E-state index in [2.05, 4.69) is 14.5 Å². The van der Waals surface area contributed by atoms with Crippen LogP contribution in [-0.4, -0.2) is 28.8 Å². The summed E-state index contributed by atoms with van der Waals surface area (Å²) in [5.41, 5.74) is 1.58. The minimum absolute atomic E-state index is 0.113. The summed E-state index contributed by atoms with van der Waals surface area (Å²) in [5, 5.41) is 21.7. The minimum atomic E-state index is -1.18. The van der Waals surface area contributed by atoms with Crippen LogP contribution in [-0.2, 0) is 11.2 Å². The van der Waals surface area contributed by atoms with Crippen molar-refractivity contribution in [2.45, 2.75) is 25.8 Å². The van der Waals surface area contributed by atoms with Gasteiger partial charge in [-0.05, 0) is 48.6 Å². The van der Waals surface area contributed by atoms with Crippen molar-refractivity contribution < 1.29 is 19.4 Å². The third kappa shape index (κ3) is 5.08. The van der Waals surface area contributed by atoms with E-state index in [0.717, 1.165) is 16.7 Å². The van der Waals surface area contributed by atoms with Gasteiger partial charge in [-0.2, -0.15) is 0 Å². The Morgan fingerprint density at radius 3 is 2.44 bits per heavy atom. The number of carboxylic acid groups (broad SMARTS) is 1. The Hall–Kier alpha value is -1.81. The van der Waals surface area contributed by atoms with Gasteiger partial charge < -0.3 is 10.2 Å². The van der Waals surface area contributed by atoms with Crippen LogP contribution in [0, 0.1) is 11.2 Å². The first kappa shape index (κ1) is 19.5. The first-order valence-corrected chi connectivity index (χ1v) is 8.61. The molecule has 0 bridgehead atoms. The molecule has 0 spiro atoms. The molecule has 2 aromatic rings. The Kier molecular flexibility index (Phi) is 6.65. The molecule has 2 rings (SSSR count). The first-order valence-electron chi connectivity index (χ1n) is 8.03. The summed E-state index contributed by atoms with van der Waals surface area (Å²) in [6, 6.07) is 14.1. The number of aliphatic hydroxyl groups is 1. The number of hydrogen-bond acceptors (Lipinski definition) is 3. The van der Waals surface area contributed by atoms with Gasteiger partial charge in [-0.25, -0.2) is 4.39 Å². The summed E-state index contributed by atoms with van der Waals surface area (Å²) in [5.74, 6) is -1.28. The van der Waals surface area contributed by atoms with Crippen molar-refractivity contribution in [1.29, 1.82) is 0 Å². The zero-order chi connectivity index (χ0) is 18.4. The van der Waals surface area contributed by atoms with Crippen LogP contribution in [0.15, 0.2) is 48.5 Å². The van der Waals surface area contributed by atoms with Crippen molar-refractivity contribution in [3.8, 4) is 11.1 Å². The summed E-state index contributed by atoms with van der Waals surface area (Å²) in [6.07, 6.45) is 0.920. The predicted molar refractivity (Wildman–Crippen MR) is 99.6 cm³/mol.